The molecule has 0 aliphatic carbocycles. The lowest BCUT2D eigenvalue weighted by Crippen LogP contribution is -2.59. The van der Waals surface area contributed by atoms with Crippen molar-refractivity contribution in [2.75, 3.05) is 26.8 Å². The van der Waals surface area contributed by atoms with E-state index < -0.39 is 52.7 Å². The number of hydrogen-bond acceptors (Lipinski definition) is 9. The summed E-state index contributed by atoms with van der Waals surface area (Å²) in [7, 11) is 1.53. The minimum Gasteiger partial charge on any atom is -0.375 e. The van der Waals surface area contributed by atoms with E-state index in [1.807, 2.05) is 30.3 Å². The number of hydrogen-bond donors (Lipinski definition) is 0. The van der Waals surface area contributed by atoms with Gasteiger partial charge >= 0.3 is 0 Å². The number of rotatable bonds is 7. The van der Waals surface area contributed by atoms with E-state index in [4.69, 9.17) is 42.1 Å². The molecule has 1 amide bonds. The molecule has 0 bridgehead atoms. The van der Waals surface area contributed by atoms with Gasteiger partial charge in [0.05, 0.1) is 17.8 Å². The highest BCUT2D eigenvalue weighted by molar-refractivity contribution is 8.00. The molecule has 7 rings (SSSR count). The minimum atomic E-state index is -0.916. The lowest BCUT2D eigenvalue weighted by molar-refractivity contribution is -0.308. The average molecular weight is 691 g/mol. The van der Waals surface area contributed by atoms with Gasteiger partial charge in [0.15, 0.2) is 6.29 Å². The monoisotopic (exact) mass is 689 g/mol. The third-order valence-electron chi connectivity index (χ3n) is 8.16. The predicted octanol–water partition coefficient (Wildman–Crippen LogP) is 5.96. The summed E-state index contributed by atoms with van der Waals surface area (Å²) < 4.78 is 55.5. The summed E-state index contributed by atoms with van der Waals surface area (Å²) in [5.74, 6) is -2.02. The predicted molar refractivity (Wildman–Crippen MR) is 165 cm³/mol. The van der Waals surface area contributed by atoms with E-state index in [0.717, 1.165) is 24.1 Å². The van der Waals surface area contributed by atoms with Crippen molar-refractivity contribution in [3.8, 4) is 11.3 Å². The molecule has 6 atom stereocenters. The Morgan fingerprint density at radius 3 is 2.54 bits per heavy atom. The second-order valence-corrected chi connectivity index (χ2v) is 13.0. The summed E-state index contributed by atoms with van der Waals surface area (Å²) in [6.07, 6.45) is 1.29. The van der Waals surface area contributed by atoms with Crippen LogP contribution >= 0.6 is 35.0 Å². The number of ether oxygens (including phenoxy) is 4. The number of fused-ring (bicyclic) bond motifs is 1. The first-order valence-corrected chi connectivity index (χ1v) is 16.1. The van der Waals surface area contributed by atoms with Gasteiger partial charge in [0.1, 0.15) is 57.8 Å². The van der Waals surface area contributed by atoms with Crippen LogP contribution in [0.3, 0.4) is 0 Å². The molecule has 3 unspecified atom stereocenters. The number of aromatic nitrogens is 4. The molecule has 0 spiro atoms. The fourth-order valence-electron chi connectivity index (χ4n) is 5.72. The summed E-state index contributed by atoms with van der Waals surface area (Å²) in [6, 6.07) is 12.7. The van der Waals surface area contributed by atoms with Gasteiger partial charge in [-0.3, -0.25) is 4.79 Å². The summed E-state index contributed by atoms with van der Waals surface area (Å²) in [4.78, 5) is 19.9. The molecule has 240 valence electrons. The van der Waals surface area contributed by atoms with Crippen LogP contribution in [-0.4, -0.2) is 81.3 Å². The van der Waals surface area contributed by atoms with Crippen LogP contribution in [0.25, 0.3) is 11.3 Å². The van der Waals surface area contributed by atoms with Crippen molar-refractivity contribution < 1.29 is 32.5 Å². The Labute approximate surface area is 276 Å². The first-order valence-electron chi connectivity index (χ1n) is 14.5. The number of nitrogens with zero attached hydrogens (tertiary/aromatic N) is 5. The standard InChI is InChI=1S/C31H27Cl2F2N5O5S/c1-42-28-26(40-14-21(37-38-40)17-10-19(34)24(33)20(35)11-17)27-22(15-43-30(45-27)16-6-3-2-4-7-16)44-31(28)46-23-12-18(32)13-36-25(23)29(41)39-8-5-9-39/h2-4,6-7,10-14,22,26-28,30-31H,5,8-9,15H2,1H3/t22?,26?,27-,28-,30?,31+/m0/s1. The first kappa shape index (κ1) is 31.4. The largest absolute Gasteiger partial charge is 0.375 e. The molecule has 0 N–H and O–H groups in total. The van der Waals surface area contributed by atoms with E-state index in [0.29, 0.717) is 23.0 Å². The van der Waals surface area contributed by atoms with E-state index in [2.05, 4.69) is 15.3 Å². The summed E-state index contributed by atoms with van der Waals surface area (Å²) >= 11 is 13.3. The second kappa shape index (κ2) is 13.1. The van der Waals surface area contributed by atoms with E-state index in [9.17, 15) is 13.6 Å². The van der Waals surface area contributed by atoms with Crippen LogP contribution < -0.4 is 0 Å². The third kappa shape index (κ3) is 6.01. The Hall–Kier alpha value is -3.17. The zero-order valence-corrected chi connectivity index (χ0v) is 26.6. The number of likely N-dealkylation sites (tertiary alicyclic amines) is 1. The van der Waals surface area contributed by atoms with Crippen molar-refractivity contribution in [3.05, 3.63) is 93.9 Å². The topological polar surface area (TPSA) is 101 Å². The number of amides is 1. The van der Waals surface area contributed by atoms with Crippen LogP contribution in [0.2, 0.25) is 10.0 Å². The minimum absolute atomic E-state index is 0.156. The van der Waals surface area contributed by atoms with Crippen LogP contribution in [-0.2, 0) is 18.9 Å². The molecule has 0 radical (unpaired) electrons. The van der Waals surface area contributed by atoms with Gasteiger partial charge in [0.25, 0.3) is 5.91 Å². The number of methoxy groups -OCH3 is 1. The Balaban J connectivity index is 1.25. The Morgan fingerprint density at radius 2 is 1.85 bits per heavy atom. The van der Waals surface area contributed by atoms with Crippen molar-refractivity contribution in [1.82, 2.24) is 24.9 Å². The second-order valence-electron chi connectivity index (χ2n) is 11.0. The van der Waals surface area contributed by atoms with Crippen LogP contribution in [0.15, 0.2) is 65.8 Å². The van der Waals surface area contributed by atoms with Crippen molar-refractivity contribution in [2.24, 2.45) is 0 Å². The number of benzene rings is 2. The molecule has 3 aliphatic rings. The van der Waals surface area contributed by atoms with Crippen LogP contribution in [0, 0.1) is 11.6 Å². The maximum atomic E-state index is 14.3. The lowest BCUT2D eigenvalue weighted by Gasteiger charge is -2.48. The molecular formula is C31H27Cl2F2N5O5S. The van der Waals surface area contributed by atoms with Gasteiger partial charge in [-0.15, -0.1) is 5.10 Å². The first-order chi connectivity index (χ1) is 22.3. The van der Waals surface area contributed by atoms with Crippen molar-refractivity contribution >= 4 is 40.9 Å². The molecule has 0 saturated carbocycles. The van der Waals surface area contributed by atoms with Gasteiger partial charge in [-0.25, -0.2) is 18.4 Å². The Bertz CT molecular complexity index is 1730. The summed E-state index contributed by atoms with van der Waals surface area (Å²) in [5, 5.41) is 8.33. The number of thioether (sulfide) groups is 1. The zero-order valence-electron chi connectivity index (χ0n) is 24.3. The van der Waals surface area contributed by atoms with E-state index in [-0.39, 0.29) is 29.5 Å². The molecule has 4 aromatic rings. The van der Waals surface area contributed by atoms with Gasteiger partial charge in [0.2, 0.25) is 0 Å². The molecule has 3 fully saturated rings. The van der Waals surface area contributed by atoms with Crippen molar-refractivity contribution in [2.45, 2.75) is 47.4 Å². The third-order valence-corrected chi connectivity index (χ3v) is 9.90. The van der Waals surface area contributed by atoms with E-state index in [1.165, 1.54) is 25.1 Å². The number of carbonyl (C=O) groups excluding carboxylic acids is 1. The fourth-order valence-corrected chi connectivity index (χ4v) is 7.35. The highest BCUT2D eigenvalue weighted by atomic mass is 35.5. The molecule has 3 saturated heterocycles. The van der Waals surface area contributed by atoms with Gasteiger partial charge in [0, 0.05) is 42.4 Å². The van der Waals surface area contributed by atoms with Gasteiger partial charge in [-0.1, -0.05) is 70.5 Å². The normalized spacial score (nSPS) is 26.0. The van der Waals surface area contributed by atoms with Crippen LogP contribution in [0.1, 0.15) is 34.8 Å². The molecule has 3 aliphatic heterocycles. The lowest BCUT2D eigenvalue weighted by atomic mass is 9.95. The molecule has 2 aromatic heterocycles. The number of carbonyl (C=O) groups is 1. The molecule has 2 aromatic carbocycles. The SMILES string of the molecule is CO[C@H]1C(n2cc(-c3cc(F)c(Cl)c(F)c3)nn2)[C@H]2OC(c3ccccc3)OCC2O[C@@H]1Sc1cc(Cl)cnc1C(=O)N1CCC1. The number of halogens is 4. The maximum Gasteiger partial charge on any atom is 0.273 e. The van der Waals surface area contributed by atoms with Crippen molar-refractivity contribution in [1.29, 1.82) is 0 Å². The summed E-state index contributed by atoms with van der Waals surface area (Å²) in [5.41, 5.74) is 0.739. The molecular weight excluding hydrogens is 663 g/mol. The fraction of sp³-hybridized carbons (Fsp3) is 0.355. The van der Waals surface area contributed by atoms with Crippen LogP contribution in [0.4, 0.5) is 8.78 Å². The van der Waals surface area contributed by atoms with Gasteiger partial charge in [-0.2, -0.15) is 0 Å². The quantitative estimate of drug-likeness (QED) is 0.218. The van der Waals surface area contributed by atoms with E-state index in [1.54, 1.807) is 21.8 Å². The van der Waals surface area contributed by atoms with Gasteiger partial charge < -0.3 is 23.8 Å². The molecule has 5 heterocycles. The highest BCUT2D eigenvalue weighted by Crippen LogP contribution is 2.45. The number of pyridine rings is 1. The molecule has 15 heteroatoms. The maximum absolute atomic E-state index is 14.3. The smallest absolute Gasteiger partial charge is 0.273 e. The molecule has 10 nitrogen and oxygen atoms in total. The average Bonchev–Trinajstić information content (AvgIpc) is 3.52. The Morgan fingerprint density at radius 1 is 1.09 bits per heavy atom. The van der Waals surface area contributed by atoms with Crippen molar-refractivity contribution in [3.63, 3.8) is 0 Å². The Kier molecular flexibility index (Phi) is 8.98. The van der Waals surface area contributed by atoms with Gasteiger partial charge in [-0.05, 0) is 24.6 Å². The highest BCUT2D eigenvalue weighted by Gasteiger charge is 2.52. The molecule has 46 heavy (non-hydrogen) atoms. The zero-order chi connectivity index (χ0) is 31.9. The van der Waals surface area contributed by atoms with E-state index >= 15 is 0 Å². The summed E-state index contributed by atoms with van der Waals surface area (Å²) in [6.45, 7) is 1.50. The van der Waals surface area contributed by atoms with Crippen LogP contribution in [0.5, 0.6) is 0 Å².